The van der Waals surface area contributed by atoms with Gasteiger partial charge in [-0.15, -0.1) is 0 Å². The van der Waals surface area contributed by atoms with E-state index in [0.717, 1.165) is 22.8 Å². The summed E-state index contributed by atoms with van der Waals surface area (Å²) in [6, 6.07) is 5.66. The van der Waals surface area contributed by atoms with E-state index < -0.39 is 0 Å². The monoisotopic (exact) mass is 262 g/mol. The van der Waals surface area contributed by atoms with Crippen LogP contribution < -0.4 is 4.74 Å². The Bertz CT molecular complexity index is 288. The summed E-state index contributed by atoms with van der Waals surface area (Å²) in [7, 11) is 1.67. The number of hydrogen-bond donors (Lipinski definition) is 0. The maximum atomic E-state index is 5.90. The zero-order valence-electron chi connectivity index (χ0n) is 7.68. The molecule has 1 aromatic carbocycles. The molecule has 1 unspecified atom stereocenters. The van der Waals surface area contributed by atoms with Crippen molar-refractivity contribution in [2.24, 2.45) is 0 Å². The lowest BCUT2D eigenvalue weighted by molar-refractivity contribution is 0.409. The van der Waals surface area contributed by atoms with Crippen LogP contribution in [0.4, 0.5) is 0 Å². The molecule has 1 nitrogen and oxygen atoms in total. The maximum absolute atomic E-state index is 5.90. The van der Waals surface area contributed by atoms with Crippen LogP contribution in [-0.4, -0.2) is 7.11 Å². The number of benzene rings is 1. The molecule has 0 bridgehead atoms. The molecule has 0 radical (unpaired) electrons. The van der Waals surface area contributed by atoms with Crippen LogP contribution in [-0.2, 0) is 0 Å². The second kappa shape index (κ2) is 4.87. The molecule has 0 heterocycles. The Morgan fingerprint density at radius 3 is 2.77 bits per heavy atom. The molecule has 0 saturated heterocycles. The van der Waals surface area contributed by atoms with Gasteiger partial charge in [-0.25, -0.2) is 0 Å². The molecule has 3 heteroatoms. The van der Waals surface area contributed by atoms with Crippen molar-refractivity contribution in [1.82, 2.24) is 0 Å². The van der Waals surface area contributed by atoms with E-state index in [9.17, 15) is 0 Å². The van der Waals surface area contributed by atoms with E-state index in [1.165, 1.54) is 0 Å². The lowest BCUT2D eigenvalue weighted by atomic mass is 10.1. The first-order valence-corrected chi connectivity index (χ1v) is 5.46. The molecule has 0 aliphatic heterocycles. The molecular weight excluding hydrogens is 251 g/mol. The van der Waals surface area contributed by atoms with Gasteiger partial charge in [-0.05, 0) is 24.6 Å². The summed E-state index contributed by atoms with van der Waals surface area (Å²) in [5.74, 6) is 0.883. The highest BCUT2D eigenvalue weighted by molar-refractivity contribution is 9.09. The number of rotatable bonds is 3. The van der Waals surface area contributed by atoms with Crippen molar-refractivity contribution in [3.8, 4) is 5.75 Å². The van der Waals surface area contributed by atoms with Crippen LogP contribution in [0.3, 0.4) is 0 Å². The first-order chi connectivity index (χ1) is 6.19. The maximum Gasteiger partial charge on any atom is 0.123 e. The van der Waals surface area contributed by atoms with Gasteiger partial charge in [0.2, 0.25) is 0 Å². The number of methoxy groups -OCH3 is 1. The van der Waals surface area contributed by atoms with E-state index in [0.29, 0.717) is 4.83 Å². The molecule has 1 atom stereocenters. The quantitative estimate of drug-likeness (QED) is 0.743. The molecule has 13 heavy (non-hydrogen) atoms. The topological polar surface area (TPSA) is 9.23 Å². The molecule has 0 spiro atoms. The Kier molecular flexibility index (Phi) is 4.07. The van der Waals surface area contributed by atoms with Crippen LogP contribution in [0.15, 0.2) is 18.2 Å². The molecule has 72 valence electrons. The van der Waals surface area contributed by atoms with Gasteiger partial charge >= 0.3 is 0 Å². The van der Waals surface area contributed by atoms with Crippen molar-refractivity contribution < 1.29 is 4.74 Å². The predicted molar refractivity (Wildman–Crippen MR) is 60.0 cm³/mol. The van der Waals surface area contributed by atoms with Gasteiger partial charge in [0.05, 0.1) is 7.11 Å². The summed E-state index contributed by atoms with van der Waals surface area (Å²) in [6.45, 7) is 2.11. The summed E-state index contributed by atoms with van der Waals surface area (Å²) in [5, 5.41) is 0.744. The summed E-state index contributed by atoms with van der Waals surface area (Å²) in [5.41, 5.74) is 1.11. The molecule has 0 aliphatic rings. The van der Waals surface area contributed by atoms with Crippen LogP contribution in [0.25, 0.3) is 0 Å². The Morgan fingerprint density at radius 2 is 2.23 bits per heavy atom. The number of hydrogen-bond acceptors (Lipinski definition) is 1. The van der Waals surface area contributed by atoms with Gasteiger partial charge < -0.3 is 4.74 Å². The van der Waals surface area contributed by atoms with Crippen molar-refractivity contribution in [2.45, 2.75) is 18.2 Å². The highest BCUT2D eigenvalue weighted by atomic mass is 79.9. The van der Waals surface area contributed by atoms with E-state index in [2.05, 4.69) is 22.9 Å². The SMILES string of the molecule is CCC(Br)c1cc(Cl)ccc1OC. The molecule has 0 N–H and O–H groups in total. The average Bonchev–Trinajstić information content (AvgIpc) is 2.16. The highest BCUT2D eigenvalue weighted by Crippen LogP contribution is 2.35. The average molecular weight is 264 g/mol. The molecule has 0 fully saturated rings. The largest absolute Gasteiger partial charge is 0.496 e. The lowest BCUT2D eigenvalue weighted by Crippen LogP contribution is -1.93. The second-order valence-corrected chi connectivity index (χ2v) is 4.30. The van der Waals surface area contributed by atoms with E-state index in [1.807, 2.05) is 18.2 Å². The molecule has 0 aliphatic carbocycles. The van der Waals surface area contributed by atoms with Crippen LogP contribution >= 0.6 is 27.5 Å². The standard InChI is InChI=1S/C10H12BrClO/c1-3-9(11)8-6-7(12)4-5-10(8)13-2/h4-6,9H,3H2,1-2H3. The van der Waals surface area contributed by atoms with Crippen LogP contribution in [0.2, 0.25) is 5.02 Å². The van der Waals surface area contributed by atoms with Crippen molar-refractivity contribution in [3.63, 3.8) is 0 Å². The van der Waals surface area contributed by atoms with E-state index in [-0.39, 0.29) is 0 Å². The number of halogens is 2. The fourth-order valence-electron chi connectivity index (χ4n) is 1.17. The van der Waals surface area contributed by atoms with Gasteiger partial charge in [0.25, 0.3) is 0 Å². The zero-order chi connectivity index (χ0) is 9.84. The fraction of sp³-hybridized carbons (Fsp3) is 0.400. The molecule has 1 aromatic rings. The summed E-state index contributed by atoms with van der Waals surface area (Å²) in [4.78, 5) is 0.307. The normalized spacial score (nSPS) is 12.6. The molecule has 1 rings (SSSR count). The van der Waals surface area contributed by atoms with Crippen molar-refractivity contribution in [2.75, 3.05) is 7.11 Å². The Balaban J connectivity index is 3.07. The molecule has 0 saturated carbocycles. The third-order valence-corrected chi connectivity index (χ3v) is 3.26. The van der Waals surface area contributed by atoms with Gasteiger partial charge in [0.1, 0.15) is 5.75 Å². The third-order valence-electron chi connectivity index (χ3n) is 1.89. The van der Waals surface area contributed by atoms with Crippen molar-refractivity contribution >= 4 is 27.5 Å². The van der Waals surface area contributed by atoms with Gasteiger partial charge in [-0.2, -0.15) is 0 Å². The molecule has 0 amide bonds. The van der Waals surface area contributed by atoms with Crippen LogP contribution in [0.5, 0.6) is 5.75 Å². The van der Waals surface area contributed by atoms with E-state index in [4.69, 9.17) is 16.3 Å². The lowest BCUT2D eigenvalue weighted by Gasteiger charge is -2.12. The number of ether oxygens (including phenoxy) is 1. The van der Waals surface area contributed by atoms with Gasteiger partial charge in [-0.3, -0.25) is 0 Å². The van der Waals surface area contributed by atoms with Gasteiger partial charge in [-0.1, -0.05) is 34.5 Å². The zero-order valence-corrected chi connectivity index (χ0v) is 10.0. The minimum Gasteiger partial charge on any atom is -0.496 e. The predicted octanol–water partition coefficient (Wildman–Crippen LogP) is 4.19. The summed E-state index contributed by atoms with van der Waals surface area (Å²) in [6.07, 6.45) is 1.01. The van der Waals surface area contributed by atoms with Crippen molar-refractivity contribution in [1.29, 1.82) is 0 Å². The summed E-state index contributed by atoms with van der Waals surface area (Å²) >= 11 is 9.47. The molecule has 0 aromatic heterocycles. The second-order valence-electron chi connectivity index (χ2n) is 2.76. The first kappa shape index (κ1) is 10.9. The van der Waals surface area contributed by atoms with E-state index in [1.54, 1.807) is 7.11 Å². The van der Waals surface area contributed by atoms with Crippen molar-refractivity contribution in [3.05, 3.63) is 28.8 Å². The minimum atomic E-state index is 0.307. The highest BCUT2D eigenvalue weighted by Gasteiger charge is 2.11. The Morgan fingerprint density at radius 1 is 1.54 bits per heavy atom. The van der Waals surface area contributed by atoms with Gasteiger partial charge in [0.15, 0.2) is 0 Å². The fourth-order valence-corrected chi connectivity index (χ4v) is 1.71. The first-order valence-electron chi connectivity index (χ1n) is 4.16. The van der Waals surface area contributed by atoms with Gasteiger partial charge in [0, 0.05) is 15.4 Å². The Hall–Kier alpha value is -0.210. The minimum absolute atomic E-state index is 0.307. The van der Waals surface area contributed by atoms with Crippen LogP contribution in [0, 0.1) is 0 Å². The number of alkyl halides is 1. The third kappa shape index (κ3) is 2.61. The van der Waals surface area contributed by atoms with E-state index >= 15 is 0 Å². The smallest absolute Gasteiger partial charge is 0.123 e. The summed E-state index contributed by atoms with van der Waals surface area (Å²) < 4.78 is 5.23. The molecular formula is C10H12BrClO. The van der Waals surface area contributed by atoms with Crippen LogP contribution in [0.1, 0.15) is 23.7 Å². The Labute approximate surface area is 92.2 Å².